The van der Waals surface area contributed by atoms with Gasteiger partial charge in [-0.1, -0.05) is 114 Å². The number of pyridine rings is 1. The zero-order valence-corrected chi connectivity index (χ0v) is 24.0. The highest BCUT2D eigenvalue weighted by atomic mass is 35.5. The van der Waals surface area contributed by atoms with Crippen LogP contribution in [0.3, 0.4) is 0 Å². The number of nitriles is 1. The molecule has 6 rings (SSSR count). The Labute approximate surface area is 253 Å². The molecule has 0 saturated heterocycles. The van der Waals surface area contributed by atoms with E-state index in [4.69, 9.17) is 16.6 Å². The van der Waals surface area contributed by atoms with Gasteiger partial charge in [0.05, 0.1) is 17.0 Å². The van der Waals surface area contributed by atoms with Crippen LogP contribution in [0, 0.1) is 11.3 Å². The Hall–Kier alpha value is -4.89. The summed E-state index contributed by atoms with van der Waals surface area (Å²) in [6.07, 6.45) is 0. The van der Waals surface area contributed by atoms with E-state index >= 15 is 0 Å². The Balaban J connectivity index is 1.39. The number of carbonyl (C=O) groups is 1. The van der Waals surface area contributed by atoms with E-state index < -0.39 is 0 Å². The van der Waals surface area contributed by atoms with Gasteiger partial charge in [-0.15, -0.1) is 0 Å². The van der Waals surface area contributed by atoms with Gasteiger partial charge < -0.3 is 0 Å². The van der Waals surface area contributed by atoms with Gasteiger partial charge in [0.1, 0.15) is 11.1 Å². The lowest BCUT2D eigenvalue weighted by atomic mass is 9.99. The third-order valence-electron chi connectivity index (χ3n) is 6.91. The van der Waals surface area contributed by atoms with Gasteiger partial charge in [0, 0.05) is 27.5 Å². The number of thioether (sulfide) groups is 1. The van der Waals surface area contributed by atoms with Crippen molar-refractivity contribution in [1.82, 2.24) is 4.98 Å². The van der Waals surface area contributed by atoms with Crippen molar-refractivity contribution in [2.45, 2.75) is 5.03 Å². The maximum atomic E-state index is 14.0. The van der Waals surface area contributed by atoms with Gasteiger partial charge in [0.2, 0.25) is 5.91 Å². The van der Waals surface area contributed by atoms with Crippen LogP contribution in [0.4, 0.5) is 11.4 Å². The van der Waals surface area contributed by atoms with Gasteiger partial charge in [0.25, 0.3) is 0 Å². The van der Waals surface area contributed by atoms with Crippen LogP contribution >= 0.6 is 23.4 Å². The Morgan fingerprint density at radius 3 is 2.12 bits per heavy atom. The number of anilines is 2. The van der Waals surface area contributed by atoms with Crippen LogP contribution in [0.15, 0.2) is 138 Å². The topological polar surface area (TPSA) is 57.0 Å². The predicted molar refractivity (Wildman–Crippen MR) is 173 cm³/mol. The minimum Gasteiger partial charge on any atom is -0.280 e. The number of aromatic nitrogens is 1. The number of para-hydroxylation sites is 1. The molecule has 0 N–H and O–H groups in total. The first kappa shape index (κ1) is 27.3. The third kappa shape index (κ3) is 5.77. The maximum absolute atomic E-state index is 14.0. The van der Waals surface area contributed by atoms with Gasteiger partial charge >= 0.3 is 0 Å². The van der Waals surface area contributed by atoms with E-state index in [-0.39, 0.29) is 11.7 Å². The molecule has 6 aromatic rings. The second-order valence-corrected chi connectivity index (χ2v) is 11.0. The number of nitrogens with zero attached hydrogens (tertiary/aromatic N) is 3. The number of rotatable bonds is 7. The summed E-state index contributed by atoms with van der Waals surface area (Å²) in [5.74, 6) is -0.0350. The highest BCUT2D eigenvalue weighted by Crippen LogP contribution is 2.36. The number of halogens is 1. The first-order valence-corrected chi connectivity index (χ1v) is 14.7. The Kier molecular flexibility index (Phi) is 8.00. The molecule has 202 valence electrons. The second-order valence-electron chi connectivity index (χ2n) is 9.60. The number of fused-ring (bicyclic) bond motifs is 1. The van der Waals surface area contributed by atoms with Gasteiger partial charge in [0.15, 0.2) is 0 Å². The van der Waals surface area contributed by atoms with Gasteiger partial charge in [-0.3, -0.25) is 9.69 Å². The molecule has 0 aliphatic heterocycles. The van der Waals surface area contributed by atoms with Crippen molar-refractivity contribution in [2.24, 2.45) is 0 Å². The highest BCUT2D eigenvalue weighted by Gasteiger charge is 2.22. The Bertz CT molecular complexity index is 1920. The van der Waals surface area contributed by atoms with Crippen molar-refractivity contribution < 1.29 is 4.79 Å². The van der Waals surface area contributed by atoms with E-state index in [0.717, 1.165) is 44.5 Å². The number of hydrogen-bond donors (Lipinski definition) is 0. The molecule has 0 aliphatic rings. The van der Waals surface area contributed by atoms with Crippen molar-refractivity contribution in [1.29, 1.82) is 5.26 Å². The van der Waals surface area contributed by atoms with Crippen LogP contribution < -0.4 is 4.90 Å². The van der Waals surface area contributed by atoms with Gasteiger partial charge in [-0.05, 0) is 58.8 Å². The van der Waals surface area contributed by atoms with Crippen LogP contribution in [0.1, 0.15) is 5.56 Å². The summed E-state index contributed by atoms with van der Waals surface area (Å²) in [5.41, 5.74) is 5.21. The molecule has 0 unspecified atom stereocenters. The fourth-order valence-corrected chi connectivity index (χ4v) is 5.85. The van der Waals surface area contributed by atoms with E-state index in [0.29, 0.717) is 15.6 Å². The molecule has 0 spiro atoms. The first-order valence-electron chi connectivity index (χ1n) is 13.4. The summed E-state index contributed by atoms with van der Waals surface area (Å²) in [4.78, 5) is 20.6. The molecule has 4 nitrogen and oxygen atoms in total. The van der Waals surface area contributed by atoms with Crippen LogP contribution in [0.5, 0.6) is 0 Å². The molecule has 0 atom stereocenters. The average Bonchev–Trinajstić information content (AvgIpc) is 3.04. The minimum atomic E-state index is -0.120. The first-order chi connectivity index (χ1) is 20.6. The summed E-state index contributed by atoms with van der Waals surface area (Å²) in [6.45, 7) is 0. The lowest BCUT2D eigenvalue weighted by Gasteiger charge is -2.23. The molecule has 42 heavy (non-hydrogen) atoms. The summed E-state index contributed by atoms with van der Waals surface area (Å²) >= 11 is 7.43. The number of hydrogen-bond acceptors (Lipinski definition) is 4. The van der Waals surface area contributed by atoms with E-state index in [1.807, 2.05) is 115 Å². The molecular formula is C36H24ClN3OS. The Morgan fingerprint density at radius 2 is 1.40 bits per heavy atom. The molecule has 0 radical (unpaired) electrons. The fraction of sp³-hybridized carbons (Fsp3) is 0.0278. The molecule has 0 fully saturated rings. The van der Waals surface area contributed by atoms with Gasteiger partial charge in [-0.2, -0.15) is 5.26 Å². The molecule has 0 saturated carbocycles. The highest BCUT2D eigenvalue weighted by molar-refractivity contribution is 8.00. The quantitative estimate of drug-likeness (QED) is 0.176. The molecule has 0 aliphatic carbocycles. The zero-order chi connectivity index (χ0) is 28.9. The number of benzene rings is 5. The largest absolute Gasteiger partial charge is 0.280 e. The lowest BCUT2D eigenvalue weighted by molar-refractivity contribution is -0.115. The van der Waals surface area contributed by atoms with E-state index in [1.165, 1.54) is 11.8 Å². The number of carbonyl (C=O) groups excluding carboxylic acids is 1. The maximum Gasteiger partial charge on any atom is 0.241 e. The normalized spacial score (nSPS) is 10.8. The molecular weight excluding hydrogens is 558 g/mol. The van der Waals surface area contributed by atoms with E-state index in [1.54, 1.807) is 17.0 Å². The van der Waals surface area contributed by atoms with E-state index in [9.17, 15) is 10.1 Å². The molecule has 1 heterocycles. The fourth-order valence-electron chi connectivity index (χ4n) is 4.87. The molecule has 1 amide bonds. The average molecular weight is 582 g/mol. The molecule has 1 aromatic heterocycles. The van der Waals surface area contributed by atoms with Crippen molar-refractivity contribution >= 4 is 51.4 Å². The second kappa shape index (κ2) is 12.3. The molecule has 6 heteroatoms. The van der Waals surface area contributed by atoms with Crippen molar-refractivity contribution in [3.8, 4) is 28.5 Å². The van der Waals surface area contributed by atoms with Crippen LogP contribution in [0.25, 0.3) is 33.2 Å². The third-order valence-corrected chi connectivity index (χ3v) is 8.12. The van der Waals surface area contributed by atoms with Crippen LogP contribution in [-0.2, 0) is 4.79 Å². The predicted octanol–water partition coefficient (Wildman–Crippen LogP) is 9.55. The smallest absolute Gasteiger partial charge is 0.241 e. The summed E-state index contributed by atoms with van der Waals surface area (Å²) in [5, 5.41) is 13.6. The molecule has 0 bridgehead atoms. The molecule has 5 aromatic carbocycles. The van der Waals surface area contributed by atoms with Gasteiger partial charge in [-0.25, -0.2) is 4.98 Å². The lowest BCUT2D eigenvalue weighted by Crippen LogP contribution is -2.27. The zero-order valence-electron chi connectivity index (χ0n) is 22.4. The van der Waals surface area contributed by atoms with Crippen molar-refractivity contribution in [2.75, 3.05) is 10.7 Å². The monoisotopic (exact) mass is 581 g/mol. The standard InChI is InChI=1S/C36H24ClN3OS/c37-29-18-15-26(16-19-29)32-22-34(27-10-3-1-4-11-27)39-36(33(32)23-38)42-24-35(41)40(30-13-5-2-6-14-30)31-20-17-25-9-7-8-12-28(25)21-31/h1-22H,24H2. The summed E-state index contributed by atoms with van der Waals surface area (Å²) in [6, 6.07) is 45.2. The van der Waals surface area contributed by atoms with Crippen LogP contribution in [0.2, 0.25) is 5.02 Å². The number of amides is 1. The summed E-state index contributed by atoms with van der Waals surface area (Å²) < 4.78 is 0. The minimum absolute atomic E-state index is 0.0850. The van der Waals surface area contributed by atoms with Crippen LogP contribution in [-0.4, -0.2) is 16.6 Å². The Morgan fingerprint density at radius 1 is 0.738 bits per heavy atom. The summed E-state index contributed by atoms with van der Waals surface area (Å²) in [7, 11) is 0. The van der Waals surface area contributed by atoms with E-state index in [2.05, 4.69) is 12.1 Å². The SMILES string of the molecule is N#Cc1c(-c2ccc(Cl)cc2)cc(-c2ccccc2)nc1SCC(=O)N(c1ccccc1)c1ccc2ccccc2c1. The van der Waals surface area contributed by atoms with Crippen molar-refractivity contribution in [3.63, 3.8) is 0 Å². The van der Waals surface area contributed by atoms with Crippen molar-refractivity contribution in [3.05, 3.63) is 144 Å².